The number of hydrogen-bond donors (Lipinski definition) is 1. The van der Waals surface area contributed by atoms with Crippen LogP contribution in [0.1, 0.15) is 27.7 Å². The molecule has 17 heavy (non-hydrogen) atoms. The normalized spacial score (nSPS) is 15.4. The van der Waals surface area contributed by atoms with Gasteiger partial charge in [0.1, 0.15) is 11.9 Å². The number of aryl methyl sites for hydroxylation is 1. The monoisotopic (exact) mass is 246 g/mol. The number of benzene rings is 1. The van der Waals surface area contributed by atoms with Gasteiger partial charge in [0.05, 0.1) is 6.61 Å². The summed E-state index contributed by atoms with van der Waals surface area (Å²) in [5, 5.41) is 12.3. The van der Waals surface area contributed by atoms with E-state index in [1.54, 1.807) is 11.3 Å². The summed E-state index contributed by atoms with van der Waals surface area (Å²) in [7, 11) is 0. The molecule has 1 aromatic carbocycles. The van der Waals surface area contributed by atoms with E-state index < -0.39 is 6.10 Å². The molecule has 0 fully saturated rings. The Bertz CT molecular complexity index is 545. The lowest BCUT2D eigenvalue weighted by Crippen LogP contribution is -1.98. The molecular weight excluding hydrogens is 232 g/mol. The molecular formula is C14H14O2S. The zero-order valence-electron chi connectivity index (χ0n) is 9.64. The largest absolute Gasteiger partial charge is 0.493 e. The molecule has 0 radical (unpaired) electrons. The molecule has 3 heteroatoms. The van der Waals surface area contributed by atoms with Crippen LogP contribution in [0.4, 0.5) is 0 Å². The highest BCUT2D eigenvalue weighted by molar-refractivity contribution is 7.10. The second-order valence-corrected chi connectivity index (χ2v) is 5.47. The van der Waals surface area contributed by atoms with Crippen LogP contribution in [0.2, 0.25) is 0 Å². The van der Waals surface area contributed by atoms with Crippen molar-refractivity contribution in [3.05, 3.63) is 51.2 Å². The van der Waals surface area contributed by atoms with Crippen LogP contribution in [0.5, 0.6) is 5.75 Å². The number of ether oxygens (including phenoxy) is 1. The van der Waals surface area contributed by atoms with E-state index in [1.165, 1.54) is 10.4 Å². The molecule has 1 aliphatic rings. The summed E-state index contributed by atoms with van der Waals surface area (Å²) in [5.74, 6) is 0.961. The first kappa shape index (κ1) is 10.8. The Labute approximate surface area is 104 Å². The van der Waals surface area contributed by atoms with Crippen molar-refractivity contribution in [2.75, 3.05) is 6.61 Å². The maximum Gasteiger partial charge on any atom is 0.122 e. The van der Waals surface area contributed by atoms with Gasteiger partial charge in [-0.25, -0.2) is 0 Å². The Morgan fingerprint density at radius 2 is 2.18 bits per heavy atom. The molecule has 0 spiro atoms. The van der Waals surface area contributed by atoms with E-state index in [2.05, 4.69) is 13.0 Å². The van der Waals surface area contributed by atoms with Crippen molar-refractivity contribution in [1.29, 1.82) is 0 Å². The van der Waals surface area contributed by atoms with Crippen LogP contribution in [0, 0.1) is 6.92 Å². The fourth-order valence-corrected chi connectivity index (χ4v) is 2.90. The first-order valence-electron chi connectivity index (χ1n) is 5.73. The van der Waals surface area contributed by atoms with Gasteiger partial charge in [0.2, 0.25) is 0 Å². The first-order chi connectivity index (χ1) is 8.24. The summed E-state index contributed by atoms with van der Waals surface area (Å²) in [4.78, 5) is 1.23. The molecule has 88 valence electrons. The fraction of sp³-hybridized carbons (Fsp3) is 0.286. The Kier molecular flexibility index (Phi) is 2.65. The molecule has 1 atom stereocenters. The summed E-state index contributed by atoms with van der Waals surface area (Å²) in [5.41, 5.74) is 3.13. The second-order valence-electron chi connectivity index (χ2n) is 4.36. The van der Waals surface area contributed by atoms with Crippen LogP contribution in [0.25, 0.3) is 0 Å². The molecule has 1 unspecified atom stereocenters. The SMILES string of the molecule is Cc1cc(C(O)c2ccc3c(c2)CCO3)cs1. The van der Waals surface area contributed by atoms with Gasteiger partial charge in [-0.3, -0.25) is 0 Å². The van der Waals surface area contributed by atoms with E-state index in [0.29, 0.717) is 0 Å². The highest BCUT2D eigenvalue weighted by atomic mass is 32.1. The molecule has 0 saturated heterocycles. The number of rotatable bonds is 2. The van der Waals surface area contributed by atoms with Gasteiger partial charge in [-0.15, -0.1) is 11.3 Å². The van der Waals surface area contributed by atoms with Crippen LogP contribution in [0.15, 0.2) is 29.6 Å². The van der Waals surface area contributed by atoms with Gasteiger partial charge >= 0.3 is 0 Å². The van der Waals surface area contributed by atoms with Crippen molar-refractivity contribution in [2.45, 2.75) is 19.4 Å². The number of aliphatic hydroxyl groups is 1. The quantitative estimate of drug-likeness (QED) is 0.882. The van der Waals surface area contributed by atoms with E-state index in [0.717, 1.165) is 29.9 Å². The van der Waals surface area contributed by atoms with Crippen LogP contribution >= 0.6 is 11.3 Å². The number of hydrogen-bond acceptors (Lipinski definition) is 3. The van der Waals surface area contributed by atoms with Crippen LogP contribution in [-0.2, 0) is 6.42 Å². The van der Waals surface area contributed by atoms with Crippen molar-refractivity contribution >= 4 is 11.3 Å². The molecule has 0 bridgehead atoms. The fourth-order valence-electron chi connectivity index (χ4n) is 2.18. The van der Waals surface area contributed by atoms with Gasteiger partial charge in [-0.1, -0.05) is 6.07 Å². The lowest BCUT2D eigenvalue weighted by Gasteiger charge is -2.10. The average Bonchev–Trinajstić information content (AvgIpc) is 2.95. The predicted octanol–water partition coefficient (Wildman–Crippen LogP) is 3.07. The van der Waals surface area contributed by atoms with Crippen molar-refractivity contribution in [1.82, 2.24) is 0 Å². The molecule has 0 amide bonds. The molecule has 0 aliphatic carbocycles. The van der Waals surface area contributed by atoms with E-state index in [1.807, 2.05) is 23.6 Å². The molecule has 3 rings (SSSR count). The van der Waals surface area contributed by atoms with Gasteiger partial charge in [0.25, 0.3) is 0 Å². The number of aliphatic hydroxyl groups excluding tert-OH is 1. The molecule has 1 aromatic heterocycles. The highest BCUT2D eigenvalue weighted by Crippen LogP contribution is 2.31. The molecule has 1 aliphatic heterocycles. The Hall–Kier alpha value is -1.32. The zero-order valence-corrected chi connectivity index (χ0v) is 10.5. The number of fused-ring (bicyclic) bond motifs is 1. The van der Waals surface area contributed by atoms with Gasteiger partial charge in [0, 0.05) is 11.3 Å². The maximum atomic E-state index is 10.3. The minimum Gasteiger partial charge on any atom is -0.493 e. The standard InChI is InChI=1S/C14H14O2S/c1-9-6-12(8-17-9)14(15)11-2-3-13-10(7-11)4-5-16-13/h2-3,6-8,14-15H,4-5H2,1H3. The third-order valence-electron chi connectivity index (χ3n) is 3.10. The third kappa shape index (κ3) is 1.96. The minimum atomic E-state index is -0.522. The van der Waals surface area contributed by atoms with E-state index in [-0.39, 0.29) is 0 Å². The Balaban J connectivity index is 1.94. The summed E-state index contributed by atoms with van der Waals surface area (Å²) >= 11 is 1.67. The van der Waals surface area contributed by atoms with Gasteiger partial charge in [-0.2, -0.15) is 0 Å². The van der Waals surface area contributed by atoms with Crippen LogP contribution in [0.3, 0.4) is 0 Å². The van der Waals surface area contributed by atoms with E-state index in [4.69, 9.17) is 4.74 Å². The molecule has 2 aromatic rings. The predicted molar refractivity (Wildman–Crippen MR) is 68.8 cm³/mol. The van der Waals surface area contributed by atoms with Crippen molar-refractivity contribution in [3.63, 3.8) is 0 Å². The topological polar surface area (TPSA) is 29.5 Å². The lowest BCUT2D eigenvalue weighted by molar-refractivity contribution is 0.220. The molecule has 2 heterocycles. The maximum absolute atomic E-state index is 10.3. The minimum absolute atomic E-state index is 0.522. The van der Waals surface area contributed by atoms with Gasteiger partial charge in [-0.05, 0) is 47.2 Å². The molecule has 0 saturated carbocycles. The van der Waals surface area contributed by atoms with E-state index in [9.17, 15) is 5.11 Å². The van der Waals surface area contributed by atoms with Crippen LogP contribution < -0.4 is 4.74 Å². The van der Waals surface area contributed by atoms with Gasteiger partial charge < -0.3 is 9.84 Å². The summed E-state index contributed by atoms with van der Waals surface area (Å²) in [6, 6.07) is 8.00. The molecule has 2 nitrogen and oxygen atoms in total. The second kappa shape index (κ2) is 4.17. The van der Waals surface area contributed by atoms with Crippen LogP contribution in [-0.4, -0.2) is 11.7 Å². The Morgan fingerprint density at radius 1 is 1.29 bits per heavy atom. The first-order valence-corrected chi connectivity index (χ1v) is 6.61. The van der Waals surface area contributed by atoms with Crippen molar-refractivity contribution in [3.8, 4) is 5.75 Å². The molecule has 1 N–H and O–H groups in total. The van der Waals surface area contributed by atoms with Gasteiger partial charge in [0.15, 0.2) is 0 Å². The van der Waals surface area contributed by atoms with Crippen molar-refractivity contribution in [2.24, 2.45) is 0 Å². The summed E-state index contributed by atoms with van der Waals surface area (Å²) < 4.78 is 5.46. The lowest BCUT2D eigenvalue weighted by atomic mass is 10.0. The van der Waals surface area contributed by atoms with E-state index >= 15 is 0 Å². The summed E-state index contributed by atoms with van der Waals surface area (Å²) in [6.07, 6.45) is 0.421. The average molecular weight is 246 g/mol. The Morgan fingerprint density at radius 3 is 2.94 bits per heavy atom. The smallest absolute Gasteiger partial charge is 0.122 e. The summed E-state index contributed by atoms with van der Waals surface area (Å²) in [6.45, 7) is 2.81. The number of thiophene rings is 1. The zero-order chi connectivity index (χ0) is 11.8. The van der Waals surface area contributed by atoms with Crippen molar-refractivity contribution < 1.29 is 9.84 Å². The highest BCUT2D eigenvalue weighted by Gasteiger charge is 2.17. The third-order valence-corrected chi connectivity index (χ3v) is 3.98.